The van der Waals surface area contributed by atoms with Gasteiger partial charge >= 0.3 is 0 Å². The molecule has 0 aliphatic carbocycles. The van der Waals surface area contributed by atoms with Gasteiger partial charge in [-0.25, -0.2) is 4.58 Å². The normalized spacial score (nSPS) is 20.7. The minimum absolute atomic E-state index is 0.515. The van der Waals surface area contributed by atoms with E-state index >= 15 is 0 Å². The van der Waals surface area contributed by atoms with Gasteiger partial charge in [0.05, 0.1) is 0 Å². The third-order valence-corrected chi connectivity index (χ3v) is 2.86. The molecule has 1 aliphatic rings. The average Bonchev–Trinajstić information content (AvgIpc) is 2.20. The Balaban J connectivity index is 2.37. The number of nitrogens with zero attached hydrogens (tertiary/aromatic N) is 1. The van der Waals surface area contributed by atoms with Crippen LogP contribution in [-0.2, 0) is 0 Å². The van der Waals surface area contributed by atoms with Crippen molar-refractivity contribution in [2.45, 2.75) is 19.4 Å². The van der Waals surface area contributed by atoms with Crippen molar-refractivity contribution >= 4 is 6.21 Å². The Morgan fingerprint density at radius 3 is 2.79 bits per heavy atom. The molecule has 14 heavy (non-hydrogen) atoms. The predicted octanol–water partition coefficient (Wildman–Crippen LogP) is 2.71. The zero-order chi connectivity index (χ0) is 9.97. The van der Waals surface area contributed by atoms with Crippen LogP contribution in [0.2, 0.25) is 0 Å². The summed E-state index contributed by atoms with van der Waals surface area (Å²) in [6.45, 7) is 2.18. The molecule has 1 heterocycles. The summed E-state index contributed by atoms with van der Waals surface area (Å²) in [5, 5.41) is 0. The summed E-state index contributed by atoms with van der Waals surface area (Å²) in [5.74, 6) is 0. The van der Waals surface area contributed by atoms with E-state index in [9.17, 15) is 0 Å². The SMILES string of the molecule is Cc1ccccc1C1CC=CC=[N+]1C. The van der Waals surface area contributed by atoms with Crippen LogP contribution in [0.4, 0.5) is 0 Å². The number of rotatable bonds is 1. The van der Waals surface area contributed by atoms with Crippen molar-refractivity contribution in [3.05, 3.63) is 47.5 Å². The minimum atomic E-state index is 0.515. The third kappa shape index (κ3) is 1.63. The van der Waals surface area contributed by atoms with Gasteiger partial charge in [0.2, 0.25) is 0 Å². The quantitative estimate of drug-likeness (QED) is 0.593. The van der Waals surface area contributed by atoms with E-state index in [1.54, 1.807) is 0 Å². The van der Waals surface area contributed by atoms with Gasteiger partial charge in [0.25, 0.3) is 0 Å². The van der Waals surface area contributed by atoms with E-state index in [1.165, 1.54) is 11.1 Å². The number of hydrogen-bond donors (Lipinski definition) is 0. The highest BCUT2D eigenvalue weighted by molar-refractivity contribution is 5.66. The highest BCUT2D eigenvalue weighted by atomic mass is 15.0. The predicted molar refractivity (Wildman–Crippen MR) is 59.9 cm³/mol. The molecule has 0 N–H and O–H groups in total. The fourth-order valence-corrected chi connectivity index (χ4v) is 1.98. The van der Waals surface area contributed by atoms with Gasteiger partial charge in [-0.05, 0) is 18.6 Å². The summed E-state index contributed by atoms with van der Waals surface area (Å²) in [4.78, 5) is 0. The summed E-state index contributed by atoms with van der Waals surface area (Å²) in [6, 6.07) is 9.14. The lowest BCUT2D eigenvalue weighted by Gasteiger charge is -2.16. The van der Waals surface area contributed by atoms with Crippen molar-refractivity contribution in [3.8, 4) is 0 Å². The summed E-state index contributed by atoms with van der Waals surface area (Å²) >= 11 is 0. The first-order valence-electron chi connectivity index (χ1n) is 5.06. The molecule has 0 spiro atoms. The standard InChI is InChI=1S/C13H16N/c1-11-7-3-4-8-12(11)13-9-5-6-10-14(13)2/h3-8,10,13H,9H2,1-2H3/q+1. The third-order valence-electron chi connectivity index (χ3n) is 2.86. The molecular formula is C13H16N+. The van der Waals surface area contributed by atoms with Gasteiger partial charge < -0.3 is 0 Å². The molecule has 0 radical (unpaired) electrons. The van der Waals surface area contributed by atoms with E-state index in [4.69, 9.17) is 0 Å². The molecule has 1 heteroatoms. The van der Waals surface area contributed by atoms with Gasteiger partial charge in [0.1, 0.15) is 7.05 Å². The number of aryl methyl sites for hydroxylation is 1. The first-order valence-corrected chi connectivity index (χ1v) is 5.06. The Labute approximate surface area is 85.4 Å². The second kappa shape index (κ2) is 3.79. The molecule has 0 saturated carbocycles. The van der Waals surface area contributed by atoms with E-state index in [1.807, 2.05) is 0 Å². The van der Waals surface area contributed by atoms with Crippen molar-refractivity contribution in [2.75, 3.05) is 7.05 Å². The highest BCUT2D eigenvalue weighted by Gasteiger charge is 2.21. The number of hydrogen-bond acceptors (Lipinski definition) is 0. The van der Waals surface area contributed by atoms with Crippen LogP contribution in [0.15, 0.2) is 36.4 Å². The van der Waals surface area contributed by atoms with Crippen molar-refractivity contribution < 1.29 is 4.58 Å². The lowest BCUT2D eigenvalue weighted by molar-refractivity contribution is -0.540. The van der Waals surface area contributed by atoms with Crippen LogP contribution < -0.4 is 0 Å². The van der Waals surface area contributed by atoms with Gasteiger partial charge in [0, 0.05) is 12.0 Å². The van der Waals surface area contributed by atoms with Crippen molar-refractivity contribution in [1.82, 2.24) is 0 Å². The first kappa shape index (κ1) is 9.20. The smallest absolute Gasteiger partial charge is 0.181 e. The lowest BCUT2D eigenvalue weighted by atomic mass is 9.97. The van der Waals surface area contributed by atoms with E-state index in [0.29, 0.717) is 6.04 Å². The van der Waals surface area contributed by atoms with Gasteiger partial charge in [-0.2, -0.15) is 0 Å². The monoisotopic (exact) mass is 186 g/mol. The van der Waals surface area contributed by atoms with Crippen LogP contribution in [0.5, 0.6) is 0 Å². The summed E-state index contributed by atoms with van der Waals surface area (Å²) in [7, 11) is 2.14. The summed E-state index contributed by atoms with van der Waals surface area (Å²) < 4.78 is 2.28. The zero-order valence-electron chi connectivity index (χ0n) is 8.77. The molecule has 0 fully saturated rings. The van der Waals surface area contributed by atoms with Crippen LogP contribution in [0.3, 0.4) is 0 Å². The molecule has 72 valence electrons. The van der Waals surface area contributed by atoms with Crippen LogP contribution in [0, 0.1) is 6.92 Å². The van der Waals surface area contributed by atoms with Crippen LogP contribution in [-0.4, -0.2) is 17.8 Å². The fraction of sp³-hybridized carbons (Fsp3) is 0.308. The van der Waals surface area contributed by atoms with E-state index < -0.39 is 0 Å². The topological polar surface area (TPSA) is 3.01 Å². The molecule has 0 amide bonds. The maximum atomic E-state index is 2.28. The Hall–Kier alpha value is -1.37. The molecule has 1 aliphatic heterocycles. The average molecular weight is 186 g/mol. The molecule has 0 aromatic heterocycles. The second-order valence-corrected chi connectivity index (χ2v) is 3.85. The maximum Gasteiger partial charge on any atom is 0.181 e. The number of benzene rings is 1. The van der Waals surface area contributed by atoms with Crippen LogP contribution in [0.25, 0.3) is 0 Å². The molecule has 1 aromatic carbocycles. The van der Waals surface area contributed by atoms with Crippen molar-refractivity contribution in [2.24, 2.45) is 0 Å². The van der Waals surface area contributed by atoms with Crippen LogP contribution in [0.1, 0.15) is 23.6 Å². The van der Waals surface area contributed by atoms with Gasteiger partial charge in [0.15, 0.2) is 12.3 Å². The van der Waals surface area contributed by atoms with Gasteiger partial charge in [-0.3, -0.25) is 0 Å². The lowest BCUT2D eigenvalue weighted by Crippen LogP contribution is -2.18. The molecule has 0 saturated heterocycles. The molecule has 2 rings (SSSR count). The first-order chi connectivity index (χ1) is 6.79. The Morgan fingerprint density at radius 2 is 2.07 bits per heavy atom. The molecule has 1 nitrogen and oxygen atoms in total. The fourth-order valence-electron chi connectivity index (χ4n) is 1.98. The Bertz CT molecular complexity index is 388. The van der Waals surface area contributed by atoms with E-state index in [-0.39, 0.29) is 0 Å². The molecule has 1 unspecified atom stereocenters. The van der Waals surface area contributed by atoms with Crippen LogP contribution >= 0.6 is 0 Å². The van der Waals surface area contributed by atoms with E-state index in [2.05, 4.69) is 61.2 Å². The summed E-state index contributed by atoms with van der Waals surface area (Å²) in [6.07, 6.45) is 7.60. The van der Waals surface area contributed by atoms with Gasteiger partial charge in [-0.1, -0.05) is 30.3 Å². The van der Waals surface area contributed by atoms with Crippen molar-refractivity contribution in [1.29, 1.82) is 0 Å². The summed E-state index contributed by atoms with van der Waals surface area (Å²) in [5.41, 5.74) is 2.82. The number of allylic oxidation sites excluding steroid dienone is 1. The Kier molecular flexibility index (Phi) is 2.49. The Morgan fingerprint density at radius 1 is 1.29 bits per heavy atom. The largest absolute Gasteiger partial charge is 0.231 e. The minimum Gasteiger partial charge on any atom is -0.231 e. The molecular weight excluding hydrogens is 170 g/mol. The zero-order valence-corrected chi connectivity index (χ0v) is 8.77. The van der Waals surface area contributed by atoms with E-state index in [0.717, 1.165) is 6.42 Å². The molecule has 0 bridgehead atoms. The maximum absolute atomic E-state index is 2.28. The highest BCUT2D eigenvalue weighted by Crippen LogP contribution is 2.24. The van der Waals surface area contributed by atoms with Crippen molar-refractivity contribution in [3.63, 3.8) is 0 Å². The second-order valence-electron chi connectivity index (χ2n) is 3.85. The molecule has 1 atom stereocenters. The van der Waals surface area contributed by atoms with Gasteiger partial charge in [-0.15, -0.1) is 0 Å². The molecule has 1 aromatic rings.